The molecule has 0 atom stereocenters. The van der Waals surface area contributed by atoms with E-state index in [-0.39, 0.29) is 5.69 Å². The van der Waals surface area contributed by atoms with Gasteiger partial charge >= 0.3 is 5.97 Å². The van der Waals surface area contributed by atoms with Crippen LogP contribution < -0.4 is 14.9 Å². The van der Waals surface area contributed by atoms with Gasteiger partial charge in [-0.15, -0.1) is 0 Å². The standard InChI is InChI=1S/C21H20N4O5/c1-2-29-16-9-7-14(8-10-16)17-11-18(24-23-17)21(28)25-22-12-15-5-3-4-6-19(15)30-13-20(26)27/h3-12H,2,13H2,1H3,(H,23,24)(H,25,28)(H,26,27)/b22-12-. The van der Waals surface area contributed by atoms with Crippen LogP contribution in [0.1, 0.15) is 23.0 Å². The van der Waals surface area contributed by atoms with Gasteiger partial charge in [0.2, 0.25) is 0 Å². The summed E-state index contributed by atoms with van der Waals surface area (Å²) < 4.78 is 10.6. The number of rotatable bonds is 9. The van der Waals surface area contributed by atoms with Gasteiger partial charge in [-0.25, -0.2) is 10.2 Å². The molecule has 0 aliphatic carbocycles. The Labute approximate surface area is 172 Å². The number of ether oxygens (including phenoxy) is 2. The number of benzene rings is 2. The third-order valence-electron chi connectivity index (χ3n) is 3.92. The molecule has 1 heterocycles. The van der Waals surface area contributed by atoms with E-state index in [1.54, 1.807) is 30.3 Å². The van der Waals surface area contributed by atoms with Gasteiger partial charge in [-0.1, -0.05) is 12.1 Å². The second-order valence-corrected chi connectivity index (χ2v) is 6.04. The highest BCUT2D eigenvalue weighted by Crippen LogP contribution is 2.21. The van der Waals surface area contributed by atoms with Crippen LogP contribution in [0.4, 0.5) is 0 Å². The highest BCUT2D eigenvalue weighted by atomic mass is 16.5. The minimum Gasteiger partial charge on any atom is -0.494 e. The van der Waals surface area contributed by atoms with Crippen molar-refractivity contribution in [2.24, 2.45) is 5.10 Å². The molecule has 1 aromatic heterocycles. The molecule has 154 valence electrons. The zero-order valence-electron chi connectivity index (χ0n) is 16.2. The molecule has 9 heteroatoms. The number of carboxylic acid groups (broad SMARTS) is 1. The van der Waals surface area contributed by atoms with Crippen molar-refractivity contribution in [1.82, 2.24) is 15.6 Å². The molecular formula is C21H20N4O5. The van der Waals surface area contributed by atoms with Gasteiger partial charge in [0.05, 0.1) is 18.5 Å². The second-order valence-electron chi connectivity index (χ2n) is 6.04. The molecule has 0 saturated carbocycles. The first kappa shape index (κ1) is 20.6. The van der Waals surface area contributed by atoms with Crippen LogP contribution in [0.2, 0.25) is 0 Å². The summed E-state index contributed by atoms with van der Waals surface area (Å²) >= 11 is 0. The Hall–Kier alpha value is -4.14. The Morgan fingerprint density at radius 2 is 1.93 bits per heavy atom. The van der Waals surface area contributed by atoms with Gasteiger partial charge in [0.15, 0.2) is 6.61 Å². The monoisotopic (exact) mass is 408 g/mol. The Morgan fingerprint density at radius 1 is 1.17 bits per heavy atom. The van der Waals surface area contributed by atoms with Gasteiger partial charge in [-0.05, 0) is 49.4 Å². The van der Waals surface area contributed by atoms with Crippen molar-refractivity contribution in [2.75, 3.05) is 13.2 Å². The predicted molar refractivity (Wildman–Crippen MR) is 110 cm³/mol. The van der Waals surface area contributed by atoms with Crippen molar-refractivity contribution in [3.63, 3.8) is 0 Å². The minimum atomic E-state index is -1.09. The molecule has 0 aliphatic heterocycles. The van der Waals surface area contributed by atoms with Crippen LogP contribution in [0, 0.1) is 0 Å². The number of carbonyl (C=O) groups is 2. The number of aromatic amines is 1. The summed E-state index contributed by atoms with van der Waals surface area (Å²) in [6, 6.07) is 15.8. The number of aliphatic carboxylic acids is 1. The quantitative estimate of drug-likeness (QED) is 0.369. The fourth-order valence-electron chi connectivity index (χ4n) is 2.55. The average molecular weight is 408 g/mol. The van der Waals surface area contributed by atoms with Gasteiger partial charge in [0.25, 0.3) is 5.91 Å². The van der Waals surface area contributed by atoms with Crippen molar-refractivity contribution in [3.8, 4) is 22.8 Å². The maximum absolute atomic E-state index is 12.3. The highest BCUT2D eigenvalue weighted by molar-refractivity contribution is 5.94. The van der Waals surface area contributed by atoms with Crippen molar-refractivity contribution < 1.29 is 24.2 Å². The van der Waals surface area contributed by atoms with E-state index in [9.17, 15) is 9.59 Å². The van der Waals surface area contributed by atoms with Crippen LogP contribution in [-0.4, -0.2) is 46.6 Å². The van der Waals surface area contributed by atoms with Crippen LogP contribution in [0.25, 0.3) is 11.3 Å². The molecule has 30 heavy (non-hydrogen) atoms. The Kier molecular flexibility index (Phi) is 6.78. The molecular weight excluding hydrogens is 388 g/mol. The number of nitrogens with zero attached hydrogens (tertiary/aromatic N) is 2. The number of hydrogen-bond donors (Lipinski definition) is 3. The number of nitrogens with one attached hydrogen (secondary N) is 2. The topological polar surface area (TPSA) is 126 Å². The van der Waals surface area contributed by atoms with Crippen LogP contribution >= 0.6 is 0 Å². The van der Waals surface area contributed by atoms with Crippen LogP contribution in [0.15, 0.2) is 59.7 Å². The summed E-state index contributed by atoms with van der Waals surface area (Å²) in [6.45, 7) is 2.03. The molecule has 3 aromatic rings. The lowest BCUT2D eigenvalue weighted by Gasteiger charge is -2.06. The highest BCUT2D eigenvalue weighted by Gasteiger charge is 2.11. The van der Waals surface area contributed by atoms with E-state index in [0.717, 1.165) is 11.3 Å². The van der Waals surface area contributed by atoms with Gasteiger partial charge < -0.3 is 14.6 Å². The maximum Gasteiger partial charge on any atom is 0.341 e. The number of H-pyrrole nitrogens is 1. The lowest BCUT2D eigenvalue weighted by molar-refractivity contribution is -0.139. The normalized spacial score (nSPS) is 10.7. The molecule has 0 fully saturated rings. The molecule has 1 amide bonds. The Balaban J connectivity index is 1.63. The summed E-state index contributed by atoms with van der Waals surface area (Å²) in [5, 5.41) is 19.5. The molecule has 0 unspecified atom stereocenters. The number of aromatic nitrogens is 2. The summed E-state index contributed by atoms with van der Waals surface area (Å²) in [4.78, 5) is 23.0. The van der Waals surface area contributed by atoms with Gasteiger partial charge in [0.1, 0.15) is 17.2 Å². The number of carbonyl (C=O) groups excluding carboxylic acids is 1. The first-order valence-corrected chi connectivity index (χ1v) is 9.12. The first-order chi connectivity index (χ1) is 14.6. The van der Waals surface area contributed by atoms with Crippen LogP contribution in [-0.2, 0) is 4.79 Å². The van der Waals surface area contributed by atoms with E-state index in [1.807, 2.05) is 31.2 Å². The fraction of sp³-hybridized carbons (Fsp3) is 0.143. The minimum absolute atomic E-state index is 0.242. The predicted octanol–water partition coefficient (Wildman–Crippen LogP) is 2.70. The molecule has 3 N–H and O–H groups in total. The van der Waals surface area contributed by atoms with E-state index in [4.69, 9.17) is 14.6 Å². The van der Waals surface area contributed by atoms with E-state index < -0.39 is 18.5 Å². The van der Waals surface area contributed by atoms with Crippen LogP contribution in [0.5, 0.6) is 11.5 Å². The third-order valence-corrected chi connectivity index (χ3v) is 3.92. The van der Waals surface area contributed by atoms with Crippen molar-refractivity contribution in [2.45, 2.75) is 6.92 Å². The number of carboxylic acids is 1. The Morgan fingerprint density at radius 3 is 2.67 bits per heavy atom. The largest absolute Gasteiger partial charge is 0.494 e. The van der Waals surface area contributed by atoms with Gasteiger partial charge in [0, 0.05) is 11.1 Å². The molecule has 2 aromatic carbocycles. The zero-order chi connectivity index (χ0) is 21.3. The van der Waals surface area contributed by atoms with E-state index in [2.05, 4.69) is 20.7 Å². The molecule has 0 spiro atoms. The van der Waals surface area contributed by atoms with Crippen molar-refractivity contribution >= 4 is 18.1 Å². The number of amides is 1. The smallest absolute Gasteiger partial charge is 0.341 e. The Bertz CT molecular complexity index is 1040. The summed E-state index contributed by atoms with van der Waals surface area (Å²) in [6.07, 6.45) is 1.37. The van der Waals surface area contributed by atoms with Crippen molar-refractivity contribution in [1.29, 1.82) is 0 Å². The number of hydrazone groups is 1. The first-order valence-electron chi connectivity index (χ1n) is 9.12. The second kappa shape index (κ2) is 9.87. The van der Waals surface area contributed by atoms with Crippen LogP contribution in [0.3, 0.4) is 0 Å². The number of hydrogen-bond acceptors (Lipinski definition) is 6. The van der Waals surface area contributed by atoms with E-state index >= 15 is 0 Å². The molecule has 3 rings (SSSR count). The van der Waals surface area contributed by atoms with E-state index in [0.29, 0.717) is 23.6 Å². The summed E-state index contributed by atoms with van der Waals surface area (Å²) in [5.74, 6) is -0.452. The SMILES string of the molecule is CCOc1ccc(-c2cc(C(=O)N/N=C\c3ccccc3OCC(=O)O)[nH]n2)cc1. The van der Waals surface area contributed by atoms with Crippen molar-refractivity contribution in [3.05, 3.63) is 65.9 Å². The summed E-state index contributed by atoms with van der Waals surface area (Å²) in [7, 11) is 0. The average Bonchev–Trinajstić information content (AvgIpc) is 3.24. The van der Waals surface area contributed by atoms with E-state index in [1.165, 1.54) is 6.21 Å². The molecule has 0 radical (unpaired) electrons. The number of para-hydroxylation sites is 1. The lowest BCUT2D eigenvalue weighted by Crippen LogP contribution is -2.18. The van der Waals surface area contributed by atoms with Gasteiger partial charge in [-0.2, -0.15) is 10.2 Å². The zero-order valence-corrected chi connectivity index (χ0v) is 16.2. The van der Waals surface area contributed by atoms with Gasteiger partial charge in [-0.3, -0.25) is 9.89 Å². The third kappa shape index (κ3) is 5.44. The molecule has 9 nitrogen and oxygen atoms in total. The summed E-state index contributed by atoms with van der Waals surface area (Å²) in [5.41, 5.74) is 4.61. The lowest BCUT2D eigenvalue weighted by atomic mass is 10.1. The maximum atomic E-state index is 12.3. The molecule has 0 aliphatic rings. The fourth-order valence-corrected chi connectivity index (χ4v) is 2.55. The molecule has 0 saturated heterocycles. The molecule has 0 bridgehead atoms.